The van der Waals surface area contributed by atoms with E-state index in [9.17, 15) is 19.5 Å². The third kappa shape index (κ3) is 8.36. The van der Waals surface area contributed by atoms with Crippen molar-refractivity contribution in [2.75, 3.05) is 28.5 Å². The first-order chi connectivity index (χ1) is 21.6. The van der Waals surface area contributed by atoms with Crippen LogP contribution in [0.4, 0.5) is 27.7 Å². The SMILES string of the molecule is C=N/N=C\N(N)c1ccc(Cl)cc1/C=C/C(=O)N[C@H]1CCCC[C@H](C(=O)O)Nc2cc(NC(=O)OC)ccc2-c2[nH]c1nc2N. The van der Waals surface area contributed by atoms with Crippen molar-refractivity contribution in [2.45, 2.75) is 37.8 Å². The van der Waals surface area contributed by atoms with Crippen LogP contribution >= 0.6 is 11.6 Å². The molecule has 45 heavy (non-hydrogen) atoms. The van der Waals surface area contributed by atoms with Gasteiger partial charge in [0.1, 0.15) is 24.0 Å². The van der Waals surface area contributed by atoms with Crippen molar-refractivity contribution in [3.63, 3.8) is 0 Å². The van der Waals surface area contributed by atoms with Crippen LogP contribution in [0.25, 0.3) is 17.3 Å². The Kier molecular flexibility index (Phi) is 10.7. The second-order valence-electron chi connectivity index (χ2n) is 9.96. The molecule has 2 amide bonds. The molecule has 0 saturated carbocycles. The molecule has 0 unspecified atom stereocenters. The number of ether oxygens (including phenoxy) is 1. The number of imidazole rings is 1. The number of halogens is 1. The highest BCUT2D eigenvalue weighted by atomic mass is 35.5. The maximum Gasteiger partial charge on any atom is 0.411 e. The van der Waals surface area contributed by atoms with Crippen LogP contribution in [0.15, 0.2) is 52.7 Å². The van der Waals surface area contributed by atoms with Crippen LogP contribution in [-0.2, 0) is 14.3 Å². The normalized spacial score (nSPS) is 16.5. The van der Waals surface area contributed by atoms with Gasteiger partial charge < -0.3 is 31.2 Å². The number of carboxylic acid groups (broad SMARTS) is 1. The lowest BCUT2D eigenvalue weighted by Crippen LogP contribution is -2.30. The second-order valence-corrected chi connectivity index (χ2v) is 10.4. The number of aliphatic carboxylic acids is 1. The highest BCUT2D eigenvalue weighted by molar-refractivity contribution is 6.30. The number of nitrogens with one attached hydrogen (secondary N) is 4. The quantitative estimate of drug-likeness (QED) is 0.0615. The van der Waals surface area contributed by atoms with Crippen molar-refractivity contribution in [3.05, 3.63) is 58.9 Å². The van der Waals surface area contributed by atoms with Crippen LogP contribution in [0, 0.1) is 0 Å². The molecular formula is C29H33ClN10O5. The smallest absolute Gasteiger partial charge is 0.411 e. The number of anilines is 4. The molecule has 0 radical (unpaired) electrons. The first kappa shape index (κ1) is 32.5. The van der Waals surface area contributed by atoms with Crippen LogP contribution < -0.4 is 32.5 Å². The Labute approximate surface area is 263 Å². The molecule has 2 atom stereocenters. The first-order valence-electron chi connectivity index (χ1n) is 13.7. The van der Waals surface area contributed by atoms with Crippen molar-refractivity contribution < 1.29 is 24.2 Å². The lowest BCUT2D eigenvalue weighted by Gasteiger charge is -2.21. The molecule has 0 aliphatic carbocycles. The number of hydrazine groups is 1. The van der Waals surface area contributed by atoms with Gasteiger partial charge in [-0.05, 0) is 55.3 Å². The van der Waals surface area contributed by atoms with E-state index in [1.165, 1.54) is 24.5 Å². The average Bonchev–Trinajstić information content (AvgIpc) is 3.40. The van der Waals surface area contributed by atoms with Gasteiger partial charge in [-0.3, -0.25) is 15.1 Å². The number of hydrogen-bond donors (Lipinski definition) is 7. The number of fused-ring (bicyclic) bond motifs is 4. The summed E-state index contributed by atoms with van der Waals surface area (Å²) in [5, 5.41) is 27.2. The van der Waals surface area contributed by atoms with Crippen LogP contribution in [0.5, 0.6) is 0 Å². The predicted octanol–water partition coefficient (Wildman–Crippen LogP) is 4.12. The highest BCUT2D eigenvalue weighted by Gasteiger charge is 2.25. The van der Waals surface area contributed by atoms with Gasteiger partial charge in [0, 0.05) is 40.3 Å². The number of aromatic amines is 1. The Hall–Kier alpha value is -5.41. The molecule has 0 spiro atoms. The summed E-state index contributed by atoms with van der Waals surface area (Å²) in [6.45, 7) is 3.28. The van der Waals surface area contributed by atoms with Gasteiger partial charge >= 0.3 is 12.1 Å². The fourth-order valence-corrected chi connectivity index (χ4v) is 4.94. The van der Waals surface area contributed by atoms with Crippen molar-refractivity contribution >= 4 is 71.6 Å². The Balaban J connectivity index is 1.64. The minimum atomic E-state index is -1.04. The number of carboxylic acids is 1. The number of rotatable bonds is 8. The topological polar surface area (TPSA) is 225 Å². The summed E-state index contributed by atoms with van der Waals surface area (Å²) in [5.74, 6) is 5.14. The Morgan fingerprint density at radius 3 is 2.73 bits per heavy atom. The predicted molar refractivity (Wildman–Crippen MR) is 174 cm³/mol. The number of carbonyl (C=O) groups excluding carboxylic acids is 2. The molecule has 1 aromatic heterocycles. The van der Waals surface area contributed by atoms with E-state index in [4.69, 9.17) is 23.2 Å². The van der Waals surface area contributed by atoms with E-state index < -0.39 is 30.1 Å². The lowest BCUT2D eigenvalue weighted by atomic mass is 10.0. The Bertz CT molecular complexity index is 1640. The molecule has 236 valence electrons. The first-order valence-corrected chi connectivity index (χ1v) is 14.1. The molecule has 2 aromatic carbocycles. The maximum absolute atomic E-state index is 13.2. The molecule has 1 aliphatic rings. The lowest BCUT2D eigenvalue weighted by molar-refractivity contribution is -0.138. The number of amides is 2. The maximum atomic E-state index is 13.2. The standard InChI is InChI=1S/C29H33ClN10O5/c1-33-34-15-40(32)23-11-8-17(30)13-16(23)7-12-24(41)37-20-5-3-4-6-21(28(42)43)36-22-14-18(35-29(44)45-2)9-10-19(22)25-26(31)39-27(20)38-25/h7-15,20-21,36H,1,3-6,31-32H2,2H3,(H,35,44)(H,37,41)(H,38,39)(H,42,43)/b12-7+,34-15-/t20-,21+/m0/s1. The molecular weight excluding hydrogens is 604 g/mol. The number of nitrogen functional groups attached to an aromatic ring is 1. The molecule has 15 nitrogen and oxygen atoms in total. The van der Waals surface area contributed by atoms with Gasteiger partial charge in [0.25, 0.3) is 0 Å². The van der Waals surface area contributed by atoms with E-state index >= 15 is 0 Å². The van der Waals surface area contributed by atoms with E-state index in [2.05, 4.69) is 47.6 Å². The summed E-state index contributed by atoms with van der Waals surface area (Å²) in [5.41, 5.74) is 9.11. The number of nitrogens with zero attached hydrogens (tertiary/aromatic N) is 4. The zero-order valence-electron chi connectivity index (χ0n) is 24.3. The minimum absolute atomic E-state index is 0.143. The molecule has 4 rings (SSSR count). The number of nitrogens with two attached hydrogens (primary N) is 2. The van der Waals surface area contributed by atoms with Crippen molar-refractivity contribution in [3.8, 4) is 11.3 Å². The van der Waals surface area contributed by atoms with Gasteiger partial charge in [-0.1, -0.05) is 24.4 Å². The molecule has 2 bridgehead atoms. The molecule has 1 aliphatic heterocycles. The Morgan fingerprint density at radius 1 is 1.22 bits per heavy atom. The summed E-state index contributed by atoms with van der Waals surface area (Å²) in [4.78, 5) is 44.8. The molecule has 0 fully saturated rings. The summed E-state index contributed by atoms with van der Waals surface area (Å²) < 4.78 is 4.67. The van der Waals surface area contributed by atoms with E-state index in [0.717, 1.165) is 0 Å². The summed E-state index contributed by atoms with van der Waals surface area (Å²) in [6, 6.07) is 8.32. The summed E-state index contributed by atoms with van der Waals surface area (Å²) in [6.07, 6.45) is 5.34. The molecule has 0 saturated heterocycles. The monoisotopic (exact) mass is 636 g/mol. The number of benzene rings is 2. The van der Waals surface area contributed by atoms with Gasteiger partial charge in [0.2, 0.25) is 5.91 Å². The van der Waals surface area contributed by atoms with Crippen LogP contribution in [0.2, 0.25) is 5.02 Å². The third-order valence-electron chi connectivity index (χ3n) is 6.92. The van der Waals surface area contributed by atoms with Crippen LogP contribution in [0.1, 0.15) is 43.1 Å². The largest absolute Gasteiger partial charge is 0.480 e. The Morgan fingerprint density at radius 2 is 2.00 bits per heavy atom. The highest BCUT2D eigenvalue weighted by Crippen LogP contribution is 2.36. The van der Waals surface area contributed by atoms with E-state index in [-0.39, 0.29) is 5.82 Å². The zero-order valence-corrected chi connectivity index (χ0v) is 25.0. The number of methoxy groups -OCH3 is 1. The second kappa shape index (κ2) is 14.9. The zero-order chi connectivity index (χ0) is 32.5. The molecule has 3 aromatic rings. The summed E-state index contributed by atoms with van der Waals surface area (Å²) >= 11 is 6.18. The van der Waals surface area contributed by atoms with Gasteiger partial charge in [-0.2, -0.15) is 5.10 Å². The number of H-pyrrole nitrogens is 1. The van der Waals surface area contributed by atoms with E-state index in [0.29, 0.717) is 70.4 Å². The van der Waals surface area contributed by atoms with Crippen molar-refractivity contribution in [1.29, 1.82) is 0 Å². The fraction of sp³-hybridized carbons (Fsp3) is 0.241. The molecule has 2 heterocycles. The fourth-order valence-electron chi connectivity index (χ4n) is 4.76. The van der Waals surface area contributed by atoms with E-state index in [1.807, 2.05) is 0 Å². The van der Waals surface area contributed by atoms with Gasteiger partial charge in [-0.15, -0.1) is 5.10 Å². The third-order valence-corrected chi connectivity index (χ3v) is 7.16. The van der Waals surface area contributed by atoms with Gasteiger partial charge in [0.05, 0.1) is 24.5 Å². The minimum Gasteiger partial charge on any atom is -0.480 e. The summed E-state index contributed by atoms with van der Waals surface area (Å²) in [7, 11) is 1.24. The number of aromatic nitrogens is 2. The molecule has 9 N–H and O–H groups in total. The van der Waals surface area contributed by atoms with Crippen LogP contribution in [-0.4, -0.2) is 59.3 Å². The average molecular weight is 637 g/mol. The van der Waals surface area contributed by atoms with Crippen molar-refractivity contribution in [1.82, 2.24) is 15.3 Å². The number of carbonyl (C=O) groups is 3. The van der Waals surface area contributed by atoms with E-state index in [1.54, 1.807) is 42.5 Å². The molecule has 16 heteroatoms. The number of hydrogen-bond acceptors (Lipinski definition) is 10. The van der Waals surface area contributed by atoms with Crippen LogP contribution in [0.3, 0.4) is 0 Å². The van der Waals surface area contributed by atoms with Crippen molar-refractivity contribution in [2.24, 2.45) is 16.0 Å². The van der Waals surface area contributed by atoms with Gasteiger partial charge in [-0.25, -0.2) is 20.4 Å². The van der Waals surface area contributed by atoms with Gasteiger partial charge in [0.15, 0.2) is 0 Å².